The van der Waals surface area contributed by atoms with Crippen LogP contribution in [-0.4, -0.2) is 27.4 Å². The number of esters is 1. The van der Waals surface area contributed by atoms with Crippen LogP contribution in [0.3, 0.4) is 0 Å². The van der Waals surface area contributed by atoms with Crippen molar-refractivity contribution >= 4 is 49.6 Å². The first-order valence-corrected chi connectivity index (χ1v) is 14.1. The minimum absolute atomic E-state index is 0.0947. The number of benzene rings is 2. The van der Waals surface area contributed by atoms with Gasteiger partial charge in [0.25, 0.3) is 5.91 Å². The topological polar surface area (TPSA) is 106 Å². The van der Waals surface area contributed by atoms with Crippen molar-refractivity contribution in [2.24, 2.45) is 0 Å². The van der Waals surface area contributed by atoms with Crippen molar-refractivity contribution < 1.29 is 27.2 Å². The number of allylic oxidation sites excluding steroid dienone is 1. The molecule has 2 heterocycles. The number of methoxy groups -OCH3 is 1. The van der Waals surface area contributed by atoms with Gasteiger partial charge in [0, 0.05) is 15.9 Å². The first-order chi connectivity index (χ1) is 18.0. The lowest BCUT2D eigenvalue weighted by molar-refractivity contribution is -0.136. The van der Waals surface area contributed by atoms with Gasteiger partial charge in [-0.05, 0) is 73.0 Å². The number of nitrogens with zero attached hydrogens (tertiary/aromatic N) is 1. The number of nitrogens with one attached hydrogen (secondary N) is 1. The van der Waals surface area contributed by atoms with E-state index in [0.29, 0.717) is 23.1 Å². The summed E-state index contributed by atoms with van der Waals surface area (Å²) in [4.78, 5) is 27.7. The number of hydrogen-bond acceptors (Lipinski definition) is 6. The zero-order valence-electron chi connectivity index (χ0n) is 21.3. The van der Waals surface area contributed by atoms with Gasteiger partial charge in [0.05, 0.1) is 29.7 Å². The zero-order valence-corrected chi connectivity index (χ0v) is 23.7. The fourth-order valence-electron chi connectivity index (χ4n) is 4.07. The number of carbonyl (C=O) groups is 2. The maximum absolute atomic E-state index is 13.5. The number of rotatable bonds is 8. The normalized spacial score (nSPS) is 15.2. The molecule has 1 aromatic heterocycles. The van der Waals surface area contributed by atoms with Crippen LogP contribution in [0.1, 0.15) is 43.8 Å². The Kier molecular flexibility index (Phi) is 8.05. The van der Waals surface area contributed by atoms with Gasteiger partial charge < -0.3 is 9.15 Å². The van der Waals surface area contributed by atoms with Crippen molar-refractivity contribution in [3.8, 4) is 0 Å². The van der Waals surface area contributed by atoms with Crippen LogP contribution in [0, 0.1) is 0 Å². The molecule has 0 unspecified atom stereocenters. The van der Waals surface area contributed by atoms with Gasteiger partial charge >= 0.3 is 5.97 Å². The number of carbonyl (C=O) groups excluding carboxylic acids is 2. The Bertz CT molecular complexity index is 1530. The summed E-state index contributed by atoms with van der Waals surface area (Å²) in [5.74, 6) is -0.0723. The molecule has 1 aliphatic rings. The molecule has 3 aromatic rings. The number of amides is 1. The molecule has 0 aliphatic carbocycles. The Morgan fingerprint density at radius 2 is 1.74 bits per heavy atom. The molecule has 0 radical (unpaired) electrons. The fraction of sp³-hybridized carbons (Fsp3) is 0.214. The van der Waals surface area contributed by atoms with Crippen LogP contribution in [0.4, 0.5) is 5.69 Å². The summed E-state index contributed by atoms with van der Waals surface area (Å²) >= 11 is 3.28. The maximum Gasteiger partial charge on any atom is 0.340 e. The van der Waals surface area contributed by atoms with Crippen LogP contribution in [-0.2, 0) is 30.9 Å². The van der Waals surface area contributed by atoms with Crippen LogP contribution in [0.2, 0.25) is 0 Å². The van der Waals surface area contributed by atoms with Gasteiger partial charge in [-0.15, -0.1) is 0 Å². The van der Waals surface area contributed by atoms with Gasteiger partial charge in [-0.2, -0.15) is 0 Å². The molecular weight excluding hydrogens is 572 g/mol. The van der Waals surface area contributed by atoms with E-state index in [1.54, 1.807) is 31.2 Å². The molecule has 4 rings (SSSR count). The van der Waals surface area contributed by atoms with Crippen molar-refractivity contribution in [2.75, 3.05) is 12.0 Å². The third-order valence-corrected chi connectivity index (χ3v) is 8.08. The molecule has 38 heavy (non-hydrogen) atoms. The van der Waals surface area contributed by atoms with Gasteiger partial charge in [0.15, 0.2) is 0 Å². The first-order valence-electron chi connectivity index (χ1n) is 11.8. The molecule has 10 heteroatoms. The summed E-state index contributed by atoms with van der Waals surface area (Å²) in [5, 5.41) is 0. The standard InChI is InChI=1S/C28H27BrN2O6S/c1-17(2)19-5-9-21(10-6-19)31-18(3)26(28(33)36-4)25(27(31)32)15-22-11-12-23(37-22)16-30-38(34,35)24-13-7-20(29)8-14-24/h5-15,17,30H,16H2,1-4H3/b25-15+. The summed E-state index contributed by atoms with van der Waals surface area (Å²) in [7, 11) is -2.49. The van der Waals surface area contributed by atoms with Crippen LogP contribution >= 0.6 is 15.9 Å². The van der Waals surface area contributed by atoms with Crippen LogP contribution in [0.5, 0.6) is 0 Å². The highest BCUT2D eigenvalue weighted by molar-refractivity contribution is 9.10. The number of anilines is 1. The molecule has 1 amide bonds. The van der Waals surface area contributed by atoms with E-state index < -0.39 is 21.9 Å². The zero-order chi connectivity index (χ0) is 27.6. The number of furan rings is 1. The minimum Gasteiger partial charge on any atom is -0.465 e. The van der Waals surface area contributed by atoms with E-state index in [9.17, 15) is 18.0 Å². The van der Waals surface area contributed by atoms with E-state index in [1.807, 2.05) is 24.3 Å². The lowest BCUT2D eigenvalue weighted by Crippen LogP contribution is -2.24. The molecule has 0 saturated heterocycles. The number of ether oxygens (including phenoxy) is 1. The van der Waals surface area contributed by atoms with E-state index in [1.165, 1.54) is 30.2 Å². The van der Waals surface area contributed by atoms with E-state index in [0.717, 1.165) is 10.0 Å². The smallest absolute Gasteiger partial charge is 0.340 e. The second kappa shape index (κ2) is 11.1. The molecule has 8 nitrogen and oxygen atoms in total. The molecular formula is C28H27BrN2O6S. The number of sulfonamides is 1. The summed E-state index contributed by atoms with van der Waals surface area (Å²) in [6, 6.07) is 17.1. The van der Waals surface area contributed by atoms with E-state index >= 15 is 0 Å². The molecule has 0 fully saturated rings. The Morgan fingerprint density at radius 1 is 1.08 bits per heavy atom. The van der Waals surface area contributed by atoms with Crippen LogP contribution in [0.15, 0.2) is 91.3 Å². The van der Waals surface area contributed by atoms with Crippen LogP contribution in [0.25, 0.3) is 6.08 Å². The van der Waals surface area contributed by atoms with Crippen molar-refractivity contribution in [3.63, 3.8) is 0 Å². The largest absolute Gasteiger partial charge is 0.465 e. The van der Waals surface area contributed by atoms with Gasteiger partial charge in [-0.3, -0.25) is 9.69 Å². The third-order valence-electron chi connectivity index (χ3n) is 6.14. The molecule has 0 bridgehead atoms. The predicted molar refractivity (Wildman–Crippen MR) is 148 cm³/mol. The Balaban J connectivity index is 1.59. The molecule has 0 atom stereocenters. The summed E-state index contributed by atoms with van der Waals surface area (Å²) in [6.07, 6.45) is 1.47. The maximum atomic E-state index is 13.5. The van der Waals surface area contributed by atoms with E-state index in [4.69, 9.17) is 9.15 Å². The lowest BCUT2D eigenvalue weighted by atomic mass is 10.0. The summed E-state index contributed by atoms with van der Waals surface area (Å²) in [5.41, 5.74) is 2.46. The monoisotopic (exact) mass is 598 g/mol. The van der Waals surface area contributed by atoms with Crippen molar-refractivity contribution in [3.05, 3.63) is 99.1 Å². The highest BCUT2D eigenvalue weighted by Crippen LogP contribution is 2.36. The average molecular weight is 600 g/mol. The fourth-order valence-corrected chi connectivity index (χ4v) is 5.33. The highest BCUT2D eigenvalue weighted by atomic mass is 79.9. The Hall–Kier alpha value is -3.47. The molecule has 198 valence electrons. The molecule has 2 aromatic carbocycles. The second-order valence-corrected chi connectivity index (χ2v) is 11.7. The van der Waals surface area contributed by atoms with E-state index in [-0.39, 0.29) is 28.3 Å². The average Bonchev–Trinajstić information content (AvgIpc) is 3.44. The summed E-state index contributed by atoms with van der Waals surface area (Å²) < 4.78 is 39.1. The lowest BCUT2D eigenvalue weighted by Gasteiger charge is -2.18. The molecule has 1 N–H and O–H groups in total. The second-order valence-electron chi connectivity index (χ2n) is 8.98. The summed E-state index contributed by atoms with van der Waals surface area (Å²) in [6.45, 7) is 5.76. The predicted octanol–water partition coefficient (Wildman–Crippen LogP) is 5.52. The van der Waals surface area contributed by atoms with Crippen LogP contribution < -0.4 is 9.62 Å². The Labute approximate surface area is 230 Å². The van der Waals surface area contributed by atoms with Gasteiger partial charge in [-0.1, -0.05) is 41.9 Å². The van der Waals surface area contributed by atoms with Gasteiger partial charge in [-0.25, -0.2) is 17.9 Å². The van der Waals surface area contributed by atoms with Gasteiger partial charge in [0.1, 0.15) is 11.5 Å². The third kappa shape index (κ3) is 5.67. The highest BCUT2D eigenvalue weighted by Gasteiger charge is 2.38. The van der Waals surface area contributed by atoms with Crippen molar-refractivity contribution in [1.29, 1.82) is 0 Å². The quantitative estimate of drug-likeness (QED) is 0.270. The SMILES string of the molecule is COC(=O)C1=C(C)N(c2ccc(C(C)C)cc2)C(=O)/C1=C/c1ccc(CNS(=O)(=O)c2ccc(Br)cc2)o1. The first kappa shape index (κ1) is 27.6. The number of hydrogen-bond donors (Lipinski definition) is 1. The molecule has 0 spiro atoms. The van der Waals surface area contributed by atoms with Crippen molar-refractivity contribution in [1.82, 2.24) is 4.72 Å². The minimum atomic E-state index is -3.75. The molecule has 0 saturated carbocycles. The van der Waals surface area contributed by atoms with Gasteiger partial charge in [0.2, 0.25) is 10.0 Å². The molecule has 1 aliphatic heterocycles. The number of halogens is 1. The van der Waals surface area contributed by atoms with Crippen molar-refractivity contribution in [2.45, 2.75) is 38.1 Å². The Morgan fingerprint density at radius 3 is 2.34 bits per heavy atom. The van der Waals surface area contributed by atoms with E-state index in [2.05, 4.69) is 34.5 Å².